The lowest BCUT2D eigenvalue weighted by Crippen LogP contribution is -2.22. The number of para-hydroxylation sites is 1. The summed E-state index contributed by atoms with van der Waals surface area (Å²) in [7, 11) is 0. The van der Waals surface area contributed by atoms with Crippen molar-refractivity contribution in [3.63, 3.8) is 0 Å². The Morgan fingerprint density at radius 1 is 0.821 bits per heavy atom. The fraction of sp³-hybridized carbons (Fsp3) is 0.143. The van der Waals surface area contributed by atoms with Gasteiger partial charge < -0.3 is 9.67 Å². The number of hydrogen-bond donors (Lipinski definition) is 1. The van der Waals surface area contributed by atoms with Gasteiger partial charge in [-0.3, -0.25) is 0 Å². The average molecular weight is 594 g/mol. The zero-order valence-electron chi connectivity index (χ0n) is 14.8. The third-order valence-corrected chi connectivity index (χ3v) is 6.33. The summed E-state index contributed by atoms with van der Waals surface area (Å²) in [5, 5.41) is 21.7. The second kappa shape index (κ2) is 7.27. The number of benzene rings is 3. The van der Waals surface area contributed by atoms with Crippen molar-refractivity contribution in [3.8, 4) is 0 Å². The first-order valence-corrected chi connectivity index (χ1v) is 11.1. The molecule has 0 bridgehead atoms. The zero-order valence-corrected chi connectivity index (χ0v) is 19.1. The number of fused-ring (bicyclic) bond motifs is 4. The Morgan fingerprint density at radius 3 is 2.14 bits per heavy atom. The van der Waals surface area contributed by atoms with Crippen LogP contribution < -0.4 is 0 Å². The molecule has 0 amide bonds. The molecule has 5 aromatic rings. The Hall–Kier alpha value is -1.72. The van der Waals surface area contributed by atoms with E-state index in [2.05, 4.69) is 96.5 Å². The van der Waals surface area contributed by atoms with Gasteiger partial charge in [-0.05, 0) is 93.7 Å². The molecule has 0 aliphatic carbocycles. The van der Waals surface area contributed by atoms with Gasteiger partial charge in [-0.15, -0.1) is 5.10 Å². The molecule has 5 nitrogen and oxygen atoms in total. The molecule has 7 heteroatoms. The monoisotopic (exact) mass is 594 g/mol. The van der Waals surface area contributed by atoms with Gasteiger partial charge in [0.15, 0.2) is 0 Å². The van der Waals surface area contributed by atoms with E-state index in [9.17, 15) is 5.11 Å². The first-order valence-electron chi connectivity index (χ1n) is 8.93. The van der Waals surface area contributed by atoms with Gasteiger partial charge in [0.05, 0.1) is 24.7 Å². The summed E-state index contributed by atoms with van der Waals surface area (Å²) in [5.74, 6) is 0. The third-order valence-electron chi connectivity index (χ3n) is 4.99. The van der Waals surface area contributed by atoms with Crippen molar-refractivity contribution in [2.45, 2.75) is 19.2 Å². The molecule has 0 saturated carbocycles. The summed E-state index contributed by atoms with van der Waals surface area (Å²) in [6.07, 6.45) is -0.581. The van der Waals surface area contributed by atoms with Gasteiger partial charge in [0, 0.05) is 28.9 Å². The highest BCUT2D eigenvalue weighted by atomic mass is 127. The topological polar surface area (TPSA) is 55.9 Å². The van der Waals surface area contributed by atoms with Crippen LogP contribution in [0.5, 0.6) is 0 Å². The summed E-state index contributed by atoms with van der Waals surface area (Å²) in [4.78, 5) is 0. The molecule has 5 rings (SSSR count). The van der Waals surface area contributed by atoms with Crippen molar-refractivity contribution in [1.29, 1.82) is 0 Å². The maximum Gasteiger partial charge on any atom is 0.113 e. The van der Waals surface area contributed by atoms with Crippen LogP contribution in [0.3, 0.4) is 0 Å². The number of aromatic nitrogens is 4. The smallest absolute Gasteiger partial charge is 0.113 e. The Kier molecular flexibility index (Phi) is 4.76. The van der Waals surface area contributed by atoms with E-state index in [4.69, 9.17) is 0 Å². The zero-order chi connectivity index (χ0) is 19.3. The summed E-state index contributed by atoms with van der Waals surface area (Å²) in [6, 6.07) is 20.7. The molecule has 1 N–H and O–H groups in total. The fourth-order valence-corrected chi connectivity index (χ4v) is 4.75. The lowest BCUT2D eigenvalue weighted by Gasteiger charge is -2.14. The van der Waals surface area contributed by atoms with Gasteiger partial charge in [0.1, 0.15) is 5.52 Å². The first-order chi connectivity index (χ1) is 13.6. The largest absolute Gasteiger partial charge is 0.389 e. The van der Waals surface area contributed by atoms with Gasteiger partial charge in [-0.1, -0.05) is 17.3 Å². The highest BCUT2D eigenvalue weighted by Gasteiger charge is 2.16. The van der Waals surface area contributed by atoms with Crippen molar-refractivity contribution in [3.05, 3.63) is 67.8 Å². The number of halogens is 2. The number of rotatable bonds is 4. The van der Waals surface area contributed by atoms with E-state index in [1.54, 1.807) is 4.68 Å². The van der Waals surface area contributed by atoms with Gasteiger partial charge in [-0.25, -0.2) is 4.68 Å². The van der Waals surface area contributed by atoms with Crippen LogP contribution in [-0.2, 0) is 13.1 Å². The maximum absolute atomic E-state index is 10.9. The molecule has 0 spiro atoms. The minimum Gasteiger partial charge on any atom is -0.389 e. The third kappa shape index (κ3) is 3.18. The van der Waals surface area contributed by atoms with Gasteiger partial charge >= 0.3 is 0 Å². The highest BCUT2D eigenvalue weighted by Crippen LogP contribution is 2.31. The summed E-state index contributed by atoms with van der Waals surface area (Å²) in [6.45, 7) is 0.895. The molecule has 0 fully saturated rings. The van der Waals surface area contributed by atoms with Crippen LogP contribution in [0.4, 0.5) is 0 Å². The van der Waals surface area contributed by atoms with Crippen molar-refractivity contribution in [2.75, 3.05) is 0 Å². The SMILES string of the molecule is OC(Cn1nnc2ccccc21)Cn1c2ccc(I)cc2c2cc(I)ccc21. The summed E-state index contributed by atoms with van der Waals surface area (Å²) >= 11 is 4.69. The highest BCUT2D eigenvalue weighted by molar-refractivity contribution is 14.1. The van der Waals surface area contributed by atoms with Crippen molar-refractivity contribution >= 4 is 78.0 Å². The van der Waals surface area contributed by atoms with Gasteiger partial charge in [-0.2, -0.15) is 0 Å². The van der Waals surface area contributed by atoms with E-state index in [1.165, 1.54) is 17.9 Å². The Labute approximate surface area is 188 Å². The molecule has 140 valence electrons. The van der Waals surface area contributed by atoms with E-state index in [0.29, 0.717) is 13.1 Å². The molecule has 0 aliphatic rings. The van der Waals surface area contributed by atoms with Crippen molar-refractivity contribution in [1.82, 2.24) is 19.6 Å². The van der Waals surface area contributed by atoms with Gasteiger partial charge in [0.25, 0.3) is 0 Å². The number of aliphatic hydroxyl groups excluding tert-OH is 1. The minimum absolute atomic E-state index is 0.399. The Balaban J connectivity index is 1.55. The van der Waals surface area contributed by atoms with E-state index >= 15 is 0 Å². The van der Waals surface area contributed by atoms with E-state index < -0.39 is 6.10 Å². The molecule has 0 aliphatic heterocycles. The predicted octanol–water partition coefficient (Wildman–Crippen LogP) is 4.81. The van der Waals surface area contributed by atoms with Crippen LogP contribution in [0.2, 0.25) is 0 Å². The lowest BCUT2D eigenvalue weighted by molar-refractivity contribution is 0.133. The number of hydrogen-bond acceptors (Lipinski definition) is 3. The maximum atomic E-state index is 10.9. The molecule has 0 radical (unpaired) electrons. The Morgan fingerprint density at radius 2 is 1.46 bits per heavy atom. The van der Waals surface area contributed by atoms with E-state index in [0.717, 1.165) is 22.1 Å². The van der Waals surface area contributed by atoms with E-state index in [-0.39, 0.29) is 0 Å². The van der Waals surface area contributed by atoms with Crippen molar-refractivity contribution < 1.29 is 5.11 Å². The first kappa shape index (κ1) is 18.3. The molecule has 1 unspecified atom stereocenters. The minimum atomic E-state index is -0.581. The molecular weight excluding hydrogens is 578 g/mol. The standard InChI is InChI=1S/C21H16I2N4O/c22-13-5-7-19-16(9-13)17-10-14(23)6-8-20(17)26(19)11-15(28)12-27-21-4-2-1-3-18(21)24-25-27/h1-10,15,28H,11-12H2. The average Bonchev–Trinajstić information content (AvgIpc) is 3.21. The molecule has 2 heterocycles. The van der Waals surface area contributed by atoms with Crippen LogP contribution in [0.15, 0.2) is 60.7 Å². The van der Waals surface area contributed by atoms with Crippen LogP contribution in [0, 0.1) is 7.14 Å². The molecule has 0 saturated heterocycles. The lowest BCUT2D eigenvalue weighted by atomic mass is 10.2. The number of aliphatic hydroxyl groups is 1. The molecule has 1 atom stereocenters. The van der Waals surface area contributed by atoms with Crippen LogP contribution >= 0.6 is 45.2 Å². The van der Waals surface area contributed by atoms with Crippen molar-refractivity contribution in [2.24, 2.45) is 0 Å². The van der Waals surface area contributed by atoms with Crippen LogP contribution in [0.1, 0.15) is 0 Å². The second-order valence-electron chi connectivity index (χ2n) is 6.85. The van der Waals surface area contributed by atoms with Gasteiger partial charge in [0.2, 0.25) is 0 Å². The molecule has 28 heavy (non-hydrogen) atoms. The summed E-state index contributed by atoms with van der Waals surface area (Å²) < 4.78 is 6.40. The summed E-state index contributed by atoms with van der Waals surface area (Å²) in [5.41, 5.74) is 4.06. The Bertz CT molecular complexity index is 1270. The van der Waals surface area contributed by atoms with E-state index in [1.807, 2.05) is 24.3 Å². The molecule has 2 aromatic heterocycles. The molecule has 3 aromatic carbocycles. The second-order valence-corrected chi connectivity index (χ2v) is 9.34. The number of nitrogens with zero attached hydrogens (tertiary/aromatic N) is 4. The predicted molar refractivity (Wildman–Crippen MR) is 128 cm³/mol. The fourth-order valence-electron chi connectivity index (χ4n) is 3.77. The molecular formula is C21H16I2N4O. The van der Waals surface area contributed by atoms with Crippen LogP contribution in [0.25, 0.3) is 32.8 Å². The normalized spacial score (nSPS) is 13.0. The quantitative estimate of drug-likeness (QED) is 0.304. The van der Waals surface area contributed by atoms with Crippen LogP contribution in [-0.4, -0.2) is 30.8 Å².